The second kappa shape index (κ2) is 7.54. The average molecular weight is 283 g/mol. The second-order valence-electron chi connectivity index (χ2n) is 4.57. The Morgan fingerprint density at radius 1 is 1.25 bits per heavy atom. The van der Waals surface area contributed by atoms with Crippen molar-refractivity contribution in [2.24, 2.45) is 0 Å². The molecule has 1 N–H and O–H groups in total. The van der Waals surface area contributed by atoms with E-state index >= 15 is 0 Å². The number of hydrogen-bond donors (Lipinski definition) is 1. The van der Waals surface area contributed by atoms with Gasteiger partial charge in [0.15, 0.2) is 11.5 Å². The summed E-state index contributed by atoms with van der Waals surface area (Å²) in [6.45, 7) is 1.56. The van der Waals surface area contributed by atoms with Gasteiger partial charge < -0.3 is 19.7 Å². The number of benzene rings is 1. The minimum absolute atomic E-state index is 0.0208. The third kappa shape index (κ3) is 4.27. The van der Waals surface area contributed by atoms with Crippen molar-refractivity contribution in [3.63, 3.8) is 0 Å². The lowest BCUT2D eigenvalue weighted by atomic mass is 10.2. The Morgan fingerprint density at radius 2 is 1.85 bits per heavy atom. The van der Waals surface area contributed by atoms with Crippen molar-refractivity contribution in [2.45, 2.75) is 6.42 Å². The highest BCUT2D eigenvalue weighted by Crippen LogP contribution is 2.37. The summed E-state index contributed by atoms with van der Waals surface area (Å²) < 4.78 is 10.2. The van der Waals surface area contributed by atoms with E-state index in [4.69, 9.17) is 9.47 Å². The molecule has 0 aliphatic heterocycles. The molecule has 0 amide bonds. The number of nitro benzene ring substituents is 1. The van der Waals surface area contributed by atoms with Crippen molar-refractivity contribution in [1.82, 2.24) is 4.90 Å². The maximum absolute atomic E-state index is 11.1. The van der Waals surface area contributed by atoms with E-state index in [1.807, 2.05) is 14.1 Å². The predicted molar refractivity (Wildman–Crippen MR) is 77.9 cm³/mol. The normalized spacial score (nSPS) is 10.4. The Morgan fingerprint density at radius 3 is 2.35 bits per heavy atom. The summed E-state index contributed by atoms with van der Waals surface area (Å²) in [6, 6.07) is 2.96. The average Bonchev–Trinajstić information content (AvgIpc) is 2.42. The molecule has 0 spiro atoms. The molecule has 0 bridgehead atoms. The quantitative estimate of drug-likeness (QED) is 0.446. The standard InChI is InChI=1S/C13H21N3O4/c1-15(2)7-5-6-14-10-8-12(19-3)13(20-4)9-11(10)16(17)18/h8-9,14H,5-7H2,1-4H3. The molecule has 0 radical (unpaired) electrons. The lowest BCUT2D eigenvalue weighted by Gasteiger charge is -2.13. The highest BCUT2D eigenvalue weighted by Gasteiger charge is 2.19. The van der Waals surface area contributed by atoms with Crippen LogP contribution >= 0.6 is 0 Å². The largest absolute Gasteiger partial charge is 0.493 e. The number of hydrogen-bond acceptors (Lipinski definition) is 6. The van der Waals surface area contributed by atoms with E-state index in [9.17, 15) is 10.1 Å². The molecule has 1 aromatic rings. The van der Waals surface area contributed by atoms with Gasteiger partial charge in [-0.2, -0.15) is 0 Å². The fourth-order valence-electron chi connectivity index (χ4n) is 1.78. The molecule has 0 heterocycles. The van der Waals surface area contributed by atoms with Crippen molar-refractivity contribution in [3.05, 3.63) is 22.2 Å². The highest BCUT2D eigenvalue weighted by atomic mass is 16.6. The van der Waals surface area contributed by atoms with Crippen molar-refractivity contribution in [1.29, 1.82) is 0 Å². The third-order valence-electron chi connectivity index (χ3n) is 2.80. The van der Waals surface area contributed by atoms with E-state index in [0.29, 0.717) is 23.7 Å². The van der Waals surface area contributed by atoms with Crippen LogP contribution in [0.2, 0.25) is 0 Å². The van der Waals surface area contributed by atoms with Gasteiger partial charge in [0.05, 0.1) is 25.2 Å². The van der Waals surface area contributed by atoms with Gasteiger partial charge in [-0.15, -0.1) is 0 Å². The van der Waals surface area contributed by atoms with Crippen LogP contribution in [0.25, 0.3) is 0 Å². The van der Waals surface area contributed by atoms with E-state index in [-0.39, 0.29) is 5.69 Å². The van der Waals surface area contributed by atoms with Gasteiger partial charge in [-0.25, -0.2) is 0 Å². The molecule has 1 aromatic carbocycles. The summed E-state index contributed by atoms with van der Waals surface area (Å²) in [5.41, 5.74) is 0.416. The Labute approximate surface area is 118 Å². The second-order valence-corrected chi connectivity index (χ2v) is 4.57. The molecular formula is C13H21N3O4. The summed E-state index contributed by atoms with van der Waals surface area (Å²) in [5.74, 6) is 0.811. The van der Waals surface area contributed by atoms with Crippen LogP contribution in [0.1, 0.15) is 6.42 Å². The molecule has 0 unspecified atom stereocenters. The lowest BCUT2D eigenvalue weighted by Crippen LogP contribution is -2.16. The van der Waals surface area contributed by atoms with E-state index < -0.39 is 4.92 Å². The number of rotatable bonds is 8. The zero-order valence-electron chi connectivity index (χ0n) is 12.3. The first-order chi connectivity index (χ1) is 9.49. The number of anilines is 1. The van der Waals surface area contributed by atoms with Crippen LogP contribution in [0, 0.1) is 10.1 Å². The van der Waals surface area contributed by atoms with Gasteiger partial charge in [0, 0.05) is 12.6 Å². The minimum atomic E-state index is -0.434. The first-order valence-electron chi connectivity index (χ1n) is 6.28. The monoisotopic (exact) mass is 283 g/mol. The molecule has 0 fully saturated rings. The van der Waals surface area contributed by atoms with Gasteiger partial charge in [-0.3, -0.25) is 10.1 Å². The predicted octanol–water partition coefficient (Wildman–Crippen LogP) is 1.98. The van der Waals surface area contributed by atoms with Crippen molar-refractivity contribution >= 4 is 11.4 Å². The number of ether oxygens (including phenoxy) is 2. The molecule has 20 heavy (non-hydrogen) atoms. The molecule has 0 atom stereocenters. The number of methoxy groups -OCH3 is 2. The molecular weight excluding hydrogens is 262 g/mol. The summed E-state index contributed by atoms with van der Waals surface area (Å²) in [6.07, 6.45) is 0.887. The van der Waals surface area contributed by atoms with Crippen molar-refractivity contribution in [2.75, 3.05) is 46.7 Å². The Bertz CT molecular complexity index is 463. The first-order valence-corrected chi connectivity index (χ1v) is 6.28. The van der Waals surface area contributed by atoms with E-state index in [1.54, 1.807) is 6.07 Å². The zero-order valence-corrected chi connectivity index (χ0v) is 12.3. The van der Waals surface area contributed by atoms with Crippen molar-refractivity contribution in [3.8, 4) is 11.5 Å². The SMILES string of the molecule is COc1cc(NCCCN(C)C)c([N+](=O)[O-])cc1OC. The molecule has 0 saturated heterocycles. The molecule has 112 valence electrons. The van der Waals surface area contributed by atoms with Gasteiger partial charge >= 0.3 is 0 Å². The molecule has 7 heteroatoms. The van der Waals surface area contributed by atoms with E-state index in [1.165, 1.54) is 20.3 Å². The maximum atomic E-state index is 11.1. The summed E-state index contributed by atoms with van der Waals surface area (Å²) >= 11 is 0. The van der Waals surface area contributed by atoms with Crippen LogP contribution in [0.5, 0.6) is 11.5 Å². The Balaban J connectivity index is 2.89. The Hall–Kier alpha value is -2.02. The smallest absolute Gasteiger partial charge is 0.296 e. The maximum Gasteiger partial charge on any atom is 0.296 e. The van der Waals surface area contributed by atoms with Crippen LogP contribution in [-0.2, 0) is 0 Å². The summed E-state index contributed by atoms with van der Waals surface area (Å²) in [5, 5.41) is 14.2. The van der Waals surface area contributed by atoms with Crippen LogP contribution < -0.4 is 14.8 Å². The van der Waals surface area contributed by atoms with E-state index in [0.717, 1.165) is 13.0 Å². The highest BCUT2D eigenvalue weighted by molar-refractivity contribution is 5.68. The van der Waals surface area contributed by atoms with Gasteiger partial charge in [0.1, 0.15) is 5.69 Å². The molecule has 0 aliphatic carbocycles. The van der Waals surface area contributed by atoms with Gasteiger partial charge in [0.2, 0.25) is 0 Å². The molecule has 0 aromatic heterocycles. The van der Waals surface area contributed by atoms with Crippen LogP contribution in [0.15, 0.2) is 12.1 Å². The number of nitrogens with one attached hydrogen (secondary N) is 1. The number of nitrogens with zero attached hydrogens (tertiary/aromatic N) is 2. The van der Waals surface area contributed by atoms with Crippen LogP contribution in [0.4, 0.5) is 11.4 Å². The third-order valence-corrected chi connectivity index (χ3v) is 2.80. The fraction of sp³-hybridized carbons (Fsp3) is 0.538. The van der Waals surface area contributed by atoms with Crippen LogP contribution in [-0.4, -0.2) is 51.2 Å². The minimum Gasteiger partial charge on any atom is -0.493 e. The molecule has 7 nitrogen and oxygen atoms in total. The molecule has 1 rings (SSSR count). The number of nitro groups is 1. The first kappa shape index (κ1) is 16.0. The lowest BCUT2D eigenvalue weighted by molar-refractivity contribution is -0.384. The summed E-state index contributed by atoms with van der Waals surface area (Å²) in [4.78, 5) is 12.7. The van der Waals surface area contributed by atoms with E-state index in [2.05, 4.69) is 10.2 Å². The fourth-order valence-corrected chi connectivity index (χ4v) is 1.78. The van der Waals surface area contributed by atoms with Crippen molar-refractivity contribution < 1.29 is 14.4 Å². The molecule has 0 saturated carbocycles. The topological polar surface area (TPSA) is 76.9 Å². The van der Waals surface area contributed by atoms with Gasteiger partial charge in [-0.05, 0) is 27.1 Å². The van der Waals surface area contributed by atoms with Gasteiger partial charge in [-0.1, -0.05) is 0 Å². The van der Waals surface area contributed by atoms with Gasteiger partial charge in [0.25, 0.3) is 5.69 Å². The van der Waals surface area contributed by atoms with Crippen LogP contribution in [0.3, 0.4) is 0 Å². The summed E-state index contributed by atoms with van der Waals surface area (Å²) in [7, 11) is 6.92. The Kier molecular flexibility index (Phi) is 6.05. The molecule has 0 aliphatic rings. The zero-order chi connectivity index (χ0) is 15.1.